The molecule has 0 spiro atoms. The van der Waals surface area contributed by atoms with Crippen LogP contribution in [0.5, 0.6) is 0 Å². The van der Waals surface area contributed by atoms with Gasteiger partial charge in [0.05, 0.1) is 13.2 Å². The molecule has 52 valence electrons. The summed E-state index contributed by atoms with van der Waals surface area (Å²) < 4.78 is 6.33. The Labute approximate surface area is 58.7 Å². The summed E-state index contributed by atoms with van der Waals surface area (Å²) in [7, 11) is 1.56. The predicted octanol–water partition coefficient (Wildman–Crippen LogP) is 0.817. The van der Waals surface area contributed by atoms with Crippen LogP contribution in [0.2, 0.25) is 0 Å². The second kappa shape index (κ2) is 2.58. The van der Waals surface area contributed by atoms with Gasteiger partial charge in [-0.2, -0.15) is 0 Å². The van der Waals surface area contributed by atoms with Crippen LogP contribution in [0.4, 0.5) is 0 Å². The zero-order valence-corrected chi connectivity index (χ0v) is 6.27. The van der Waals surface area contributed by atoms with Crippen molar-refractivity contribution in [3.8, 4) is 0 Å². The fourth-order valence-electron chi connectivity index (χ4n) is 0.754. The van der Waals surface area contributed by atoms with E-state index in [1.54, 1.807) is 11.4 Å². The zero-order valence-electron chi connectivity index (χ0n) is 5.46. The molecule has 3 nitrogen and oxygen atoms in total. The topological polar surface area (TPSA) is 29.5 Å². The summed E-state index contributed by atoms with van der Waals surface area (Å²) in [6.07, 6.45) is 0.663. The van der Waals surface area contributed by atoms with Crippen LogP contribution in [0.25, 0.3) is 0 Å². The van der Waals surface area contributed by atoms with E-state index in [2.05, 4.69) is 0 Å². The molecule has 1 saturated heterocycles. The number of amides is 1. The van der Waals surface area contributed by atoms with Gasteiger partial charge in [-0.3, -0.25) is 13.3 Å². The maximum atomic E-state index is 10.7. The highest BCUT2D eigenvalue weighted by Gasteiger charge is 2.33. The molecule has 9 heavy (non-hydrogen) atoms. The number of β-lactam (4-membered cyclic amide) rings is 1. The maximum absolute atomic E-state index is 10.7. The van der Waals surface area contributed by atoms with Gasteiger partial charge in [0.2, 0.25) is 5.91 Å². The van der Waals surface area contributed by atoms with Gasteiger partial charge in [-0.05, 0) is 6.92 Å². The van der Waals surface area contributed by atoms with Crippen LogP contribution in [0.3, 0.4) is 0 Å². The van der Waals surface area contributed by atoms with Crippen LogP contribution < -0.4 is 0 Å². The van der Waals surface area contributed by atoms with E-state index in [0.717, 1.165) is 12.2 Å². The molecule has 0 saturated carbocycles. The lowest BCUT2D eigenvalue weighted by Crippen LogP contribution is -2.45. The lowest BCUT2D eigenvalue weighted by Gasteiger charge is -2.34. The summed E-state index contributed by atoms with van der Waals surface area (Å²) in [6, 6.07) is 0.349. The average molecular weight is 147 g/mol. The van der Waals surface area contributed by atoms with E-state index in [0.29, 0.717) is 12.5 Å². The molecule has 1 rings (SSSR count). The molecule has 1 aliphatic heterocycles. The smallest absolute Gasteiger partial charge is 0.236 e. The number of carbonyl (C=O) groups excluding carboxylic acids is 1. The third kappa shape index (κ3) is 1.19. The second-order valence-electron chi connectivity index (χ2n) is 2.01. The Morgan fingerprint density at radius 1 is 1.89 bits per heavy atom. The number of rotatable bonds is 2. The van der Waals surface area contributed by atoms with Crippen molar-refractivity contribution in [1.29, 1.82) is 0 Å². The molecule has 1 amide bonds. The Bertz CT molecular complexity index is 128. The number of nitrogens with zero attached hydrogens (tertiary/aromatic N) is 1. The maximum Gasteiger partial charge on any atom is 0.236 e. The molecule has 1 unspecified atom stereocenters. The minimum Gasteiger partial charge on any atom is -0.300 e. The van der Waals surface area contributed by atoms with Gasteiger partial charge >= 0.3 is 0 Å². The van der Waals surface area contributed by atoms with Crippen molar-refractivity contribution in [3.63, 3.8) is 0 Å². The lowest BCUT2D eigenvalue weighted by molar-refractivity contribution is -0.136. The molecule has 1 aliphatic rings. The van der Waals surface area contributed by atoms with Crippen molar-refractivity contribution in [2.24, 2.45) is 0 Å². The van der Waals surface area contributed by atoms with E-state index >= 15 is 0 Å². The Morgan fingerprint density at radius 2 is 2.56 bits per heavy atom. The van der Waals surface area contributed by atoms with E-state index < -0.39 is 0 Å². The average Bonchev–Trinajstić information content (AvgIpc) is 1.84. The molecule has 0 aromatic carbocycles. The quantitative estimate of drug-likeness (QED) is 0.329. The van der Waals surface area contributed by atoms with E-state index in [-0.39, 0.29) is 5.91 Å². The van der Waals surface area contributed by atoms with Gasteiger partial charge in [-0.1, -0.05) is 0 Å². The predicted molar refractivity (Wildman–Crippen MR) is 35.5 cm³/mol. The van der Waals surface area contributed by atoms with Crippen molar-refractivity contribution in [3.05, 3.63) is 0 Å². The first-order valence-corrected chi connectivity index (χ1v) is 3.48. The molecule has 1 atom stereocenters. The summed E-state index contributed by atoms with van der Waals surface area (Å²) in [5.74, 6) is 0.161. The molecular weight excluding hydrogens is 138 g/mol. The largest absolute Gasteiger partial charge is 0.300 e. The van der Waals surface area contributed by atoms with Crippen molar-refractivity contribution < 1.29 is 8.98 Å². The molecule has 0 radical (unpaired) electrons. The molecule has 0 aromatic rings. The summed E-state index contributed by atoms with van der Waals surface area (Å²) >= 11 is 1.12. The molecule has 1 fully saturated rings. The molecule has 0 bridgehead atoms. The Morgan fingerprint density at radius 3 is 2.78 bits per heavy atom. The third-order valence-corrected chi connectivity index (χ3v) is 2.14. The highest BCUT2D eigenvalue weighted by molar-refractivity contribution is 7.92. The van der Waals surface area contributed by atoms with Gasteiger partial charge in [0, 0.05) is 6.42 Å². The first-order chi connectivity index (χ1) is 4.25. The summed E-state index contributed by atoms with van der Waals surface area (Å²) in [5.41, 5.74) is 0. The number of carbonyl (C=O) groups is 1. The fraction of sp³-hybridized carbons (Fsp3) is 0.800. The van der Waals surface area contributed by atoms with Crippen molar-refractivity contribution in [1.82, 2.24) is 4.31 Å². The minimum absolute atomic E-state index is 0.161. The molecule has 4 heteroatoms. The zero-order chi connectivity index (χ0) is 6.85. The summed E-state index contributed by atoms with van der Waals surface area (Å²) in [6.45, 7) is 1.99. The van der Waals surface area contributed by atoms with Crippen LogP contribution in [0.1, 0.15) is 13.3 Å². The fourth-order valence-corrected chi connectivity index (χ4v) is 1.29. The first-order valence-electron chi connectivity index (χ1n) is 2.78. The molecule has 1 heterocycles. The molecule has 0 aromatic heterocycles. The highest BCUT2D eigenvalue weighted by Crippen LogP contribution is 2.26. The highest BCUT2D eigenvalue weighted by atomic mass is 32.2. The van der Waals surface area contributed by atoms with E-state index in [1.165, 1.54) is 0 Å². The minimum atomic E-state index is 0.161. The SMILES string of the molecule is COSN1C(=O)CC1C. The Kier molecular flexibility index (Phi) is 1.97. The van der Waals surface area contributed by atoms with Crippen LogP contribution >= 0.6 is 12.2 Å². The third-order valence-electron chi connectivity index (χ3n) is 1.27. The van der Waals surface area contributed by atoms with Gasteiger partial charge in [0.15, 0.2) is 0 Å². The lowest BCUT2D eigenvalue weighted by atomic mass is 10.1. The van der Waals surface area contributed by atoms with Gasteiger partial charge in [0.1, 0.15) is 12.2 Å². The van der Waals surface area contributed by atoms with Gasteiger partial charge in [-0.15, -0.1) is 0 Å². The van der Waals surface area contributed by atoms with Crippen molar-refractivity contribution in [2.75, 3.05) is 7.11 Å². The number of hydrogen-bond acceptors (Lipinski definition) is 3. The molecule has 0 aliphatic carbocycles. The van der Waals surface area contributed by atoms with Gasteiger partial charge in [0.25, 0.3) is 0 Å². The monoisotopic (exact) mass is 147 g/mol. The van der Waals surface area contributed by atoms with Crippen LogP contribution in [-0.4, -0.2) is 23.4 Å². The molecular formula is C5H9NO2S. The second-order valence-corrected chi connectivity index (χ2v) is 2.89. The van der Waals surface area contributed by atoms with E-state index in [1.807, 2.05) is 6.92 Å². The number of hydrogen-bond donors (Lipinski definition) is 0. The van der Waals surface area contributed by atoms with Gasteiger partial charge in [-0.25, -0.2) is 0 Å². The van der Waals surface area contributed by atoms with E-state index in [9.17, 15) is 4.79 Å². The van der Waals surface area contributed by atoms with Crippen molar-refractivity contribution in [2.45, 2.75) is 19.4 Å². The van der Waals surface area contributed by atoms with E-state index in [4.69, 9.17) is 4.18 Å². The normalized spacial score (nSPS) is 26.2. The van der Waals surface area contributed by atoms with Gasteiger partial charge < -0.3 is 0 Å². The Balaban J connectivity index is 2.30. The molecule has 0 N–H and O–H groups in total. The van der Waals surface area contributed by atoms with Crippen LogP contribution in [-0.2, 0) is 8.98 Å². The Hall–Kier alpha value is -0.220. The van der Waals surface area contributed by atoms with Crippen LogP contribution in [0.15, 0.2) is 0 Å². The van der Waals surface area contributed by atoms with Crippen molar-refractivity contribution >= 4 is 18.1 Å². The summed E-state index contributed by atoms with van der Waals surface area (Å²) in [5, 5.41) is 0. The summed E-state index contributed by atoms with van der Waals surface area (Å²) in [4.78, 5) is 10.7. The van der Waals surface area contributed by atoms with Crippen LogP contribution in [0, 0.1) is 0 Å². The standard InChI is InChI=1S/C5H9NO2S/c1-4-3-5(7)6(4)9-8-2/h4H,3H2,1-2H3. The first kappa shape index (κ1) is 6.89.